The van der Waals surface area contributed by atoms with Gasteiger partial charge in [0.25, 0.3) is 5.91 Å². The van der Waals surface area contributed by atoms with Gasteiger partial charge in [0.15, 0.2) is 0 Å². The van der Waals surface area contributed by atoms with Crippen LogP contribution < -0.4 is 15.8 Å². The van der Waals surface area contributed by atoms with Crippen molar-refractivity contribution in [1.29, 1.82) is 0 Å². The molecule has 1 saturated carbocycles. The molecule has 2 aliphatic heterocycles. The van der Waals surface area contributed by atoms with Crippen LogP contribution in [0.3, 0.4) is 0 Å². The number of nitrogens with zero attached hydrogens (tertiary/aromatic N) is 3. The minimum absolute atomic E-state index is 0.0774. The summed E-state index contributed by atoms with van der Waals surface area (Å²) in [6, 6.07) is 3.25. The van der Waals surface area contributed by atoms with E-state index in [9.17, 15) is 27.6 Å². The number of aromatic nitrogens is 1. The average molecular weight is 634 g/mol. The maximum absolute atomic E-state index is 15.9. The van der Waals surface area contributed by atoms with Crippen LogP contribution in [0, 0.1) is 5.82 Å². The third-order valence-electron chi connectivity index (χ3n) is 9.30. The molecule has 1 aliphatic carbocycles. The summed E-state index contributed by atoms with van der Waals surface area (Å²) >= 11 is 0. The van der Waals surface area contributed by atoms with E-state index >= 15 is 4.39 Å². The second kappa shape index (κ2) is 12.5. The molecule has 2 atom stereocenters. The van der Waals surface area contributed by atoms with E-state index in [-0.39, 0.29) is 23.3 Å². The number of hydrogen-bond donors (Lipinski definition) is 2. The summed E-state index contributed by atoms with van der Waals surface area (Å²) in [6.45, 7) is 7.62. The highest BCUT2D eigenvalue weighted by molar-refractivity contribution is 6.07. The molecule has 1 saturated heterocycles. The van der Waals surface area contributed by atoms with E-state index in [1.165, 1.54) is 12.1 Å². The number of hydrogen-bond acceptors (Lipinski definition) is 6. The largest absolute Gasteiger partial charge is 0.443 e. The van der Waals surface area contributed by atoms with E-state index in [2.05, 4.69) is 15.2 Å². The lowest BCUT2D eigenvalue weighted by Crippen LogP contribution is -2.55. The number of anilines is 2. The van der Waals surface area contributed by atoms with Crippen LogP contribution in [0.1, 0.15) is 74.4 Å². The summed E-state index contributed by atoms with van der Waals surface area (Å²) in [7, 11) is 1.98. The van der Waals surface area contributed by atoms with Crippen molar-refractivity contribution in [2.45, 2.75) is 76.7 Å². The van der Waals surface area contributed by atoms with Crippen LogP contribution in [-0.4, -0.2) is 77.7 Å². The summed E-state index contributed by atoms with van der Waals surface area (Å²) in [4.78, 5) is 45.7. The summed E-state index contributed by atoms with van der Waals surface area (Å²) < 4.78 is 63.0. The number of halogens is 4. The highest BCUT2D eigenvalue weighted by atomic mass is 19.4. The smallest absolute Gasteiger partial charge is 0.417 e. The van der Waals surface area contributed by atoms with Gasteiger partial charge in [0.05, 0.1) is 22.5 Å². The number of piperazine rings is 1. The molecule has 1 aromatic carbocycles. The maximum atomic E-state index is 15.9. The van der Waals surface area contributed by atoms with Crippen LogP contribution in [0.4, 0.5) is 33.7 Å². The molecule has 9 nitrogen and oxygen atoms in total. The molecule has 1 aromatic heterocycles. The monoisotopic (exact) mass is 633 g/mol. The van der Waals surface area contributed by atoms with E-state index in [1.807, 2.05) is 38.8 Å². The lowest BCUT2D eigenvalue weighted by molar-refractivity contribution is -0.138. The Hall–Kier alpha value is -3.87. The van der Waals surface area contributed by atoms with Crippen LogP contribution >= 0.6 is 0 Å². The van der Waals surface area contributed by atoms with Gasteiger partial charge in [0.1, 0.15) is 11.4 Å². The molecule has 3 aliphatic rings. The minimum Gasteiger partial charge on any atom is -0.443 e. The van der Waals surface area contributed by atoms with Crippen molar-refractivity contribution in [1.82, 2.24) is 14.8 Å². The molecule has 2 N–H and O–H groups in total. The number of amides is 2. The molecule has 2 amide bonds. The fourth-order valence-corrected chi connectivity index (χ4v) is 6.20. The number of alkyl halides is 3. The quantitative estimate of drug-likeness (QED) is 0.400. The van der Waals surface area contributed by atoms with Gasteiger partial charge in [-0.25, -0.2) is 9.18 Å². The first-order chi connectivity index (χ1) is 21.1. The van der Waals surface area contributed by atoms with Crippen molar-refractivity contribution in [2.75, 3.05) is 43.4 Å². The molecular formula is C32H39F4N5O4. The Balaban J connectivity index is 1.47. The van der Waals surface area contributed by atoms with E-state index < -0.39 is 46.3 Å². The normalized spacial score (nSPS) is 22.3. The van der Waals surface area contributed by atoms with Gasteiger partial charge in [-0.15, -0.1) is 0 Å². The number of ether oxygens (including phenoxy) is 1. The highest BCUT2D eigenvalue weighted by Gasteiger charge is 2.38. The first-order valence-electron chi connectivity index (χ1n) is 15.2. The Morgan fingerprint density at radius 1 is 1.09 bits per heavy atom. The number of rotatable bonds is 5. The second-order valence-electron chi connectivity index (χ2n) is 12.6. The first-order valence-corrected chi connectivity index (χ1v) is 15.2. The van der Waals surface area contributed by atoms with Crippen molar-refractivity contribution in [3.63, 3.8) is 0 Å². The van der Waals surface area contributed by atoms with Crippen LogP contribution in [-0.2, 0) is 10.9 Å². The SMILES string of the molecule is CC1CN(c2cc(F)c(C3=CCCN(C(=O)OC4(C)CCC4)CC3)cc2NC(=O)c2c[nH]c(=O)cc2C(F)(F)F)CC(C)N1C. The number of benzene rings is 1. The average Bonchev–Trinajstić information content (AvgIpc) is 3.21. The van der Waals surface area contributed by atoms with E-state index in [0.29, 0.717) is 56.3 Å². The Kier molecular flexibility index (Phi) is 9.03. The van der Waals surface area contributed by atoms with E-state index in [0.717, 1.165) is 25.5 Å². The van der Waals surface area contributed by atoms with Gasteiger partial charge in [-0.1, -0.05) is 6.08 Å². The number of likely N-dealkylation sites (N-methyl/N-ethyl adjacent to an activating group) is 1. The zero-order valence-electron chi connectivity index (χ0n) is 25.9. The third kappa shape index (κ3) is 7.03. The van der Waals surface area contributed by atoms with Crippen molar-refractivity contribution in [3.8, 4) is 0 Å². The molecule has 5 rings (SSSR count). The van der Waals surface area contributed by atoms with Crippen molar-refractivity contribution in [3.05, 3.63) is 63.3 Å². The van der Waals surface area contributed by atoms with E-state index in [1.54, 1.807) is 4.90 Å². The van der Waals surface area contributed by atoms with Crippen LogP contribution in [0.25, 0.3) is 5.57 Å². The summed E-state index contributed by atoms with van der Waals surface area (Å²) in [6.07, 6.45) is 0.619. The highest BCUT2D eigenvalue weighted by Crippen LogP contribution is 2.38. The Morgan fingerprint density at radius 2 is 1.78 bits per heavy atom. The Morgan fingerprint density at radius 3 is 2.40 bits per heavy atom. The molecule has 0 bridgehead atoms. The molecular weight excluding hydrogens is 594 g/mol. The first kappa shape index (κ1) is 32.5. The van der Waals surface area contributed by atoms with Gasteiger partial charge in [0, 0.05) is 56.1 Å². The lowest BCUT2D eigenvalue weighted by atomic mass is 9.82. The topological polar surface area (TPSA) is 98.0 Å². The fraction of sp³-hybridized carbons (Fsp3) is 0.531. The fourth-order valence-electron chi connectivity index (χ4n) is 6.20. The molecule has 0 radical (unpaired) electrons. The van der Waals surface area contributed by atoms with E-state index in [4.69, 9.17) is 4.74 Å². The third-order valence-corrected chi connectivity index (χ3v) is 9.30. The van der Waals surface area contributed by atoms with Gasteiger partial charge in [0.2, 0.25) is 5.56 Å². The van der Waals surface area contributed by atoms with Gasteiger partial charge in [-0.3, -0.25) is 14.5 Å². The van der Waals surface area contributed by atoms with Crippen molar-refractivity contribution >= 4 is 28.9 Å². The number of aromatic amines is 1. The Bertz CT molecular complexity index is 1540. The molecule has 244 valence electrons. The predicted octanol–water partition coefficient (Wildman–Crippen LogP) is 5.87. The van der Waals surface area contributed by atoms with Gasteiger partial charge < -0.3 is 24.8 Å². The second-order valence-corrected chi connectivity index (χ2v) is 12.6. The summed E-state index contributed by atoms with van der Waals surface area (Å²) in [5.41, 5.74) is -2.32. The molecule has 2 unspecified atom stereocenters. The molecule has 2 fully saturated rings. The number of carbonyl (C=O) groups is 2. The number of nitrogens with one attached hydrogen (secondary N) is 2. The summed E-state index contributed by atoms with van der Waals surface area (Å²) in [5.74, 6) is -1.65. The van der Waals surface area contributed by atoms with Gasteiger partial charge in [-0.05, 0) is 77.6 Å². The Labute approximate surface area is 259 Å². The lowest BCUT2D eigenvalue weighted by Gasteiger charge is -2.44. The maximum Gasteiger partial charge on any atom is 0.417 e. The van der Waals surface area contributed by atoms with Crippen molar-refractivity contribution < 1.29 is 31.9 Å². The standard InChI is InChI=1S/C32H39F4N5O4/c1-19-17-41(18-20(2)39(19)4)27-15-25(33)22(21-7-5-11-40(12-8-21)30(44)45-31(3)9-6-10-31)13-26(27)38-29(43)23-16-37-28(42)14-24(23)32(34,35)36/h7,13-16,19-20H,5-6,8-12,17-18H2,1-4H3,(H,37,42)(H,38,43). The number of H-pyrrole nitrogens is 1. The summed E-state index contributed by atoms with van der Waals surface area (Å²) in [5, 5.41) is 2.59. The molecule has 2 aromatic rings. The van der Waals surface area contributed by atoms with Crippen LogP contribution in [0.15, 0.2) is 35.3 Å². The molecule has 13 heteroatoms. The number of carbonyl (C=O) groups excluding carboxylic acids is 2. The van der Waals surface area contributed by atoms with Crippen LogP contribution in [0.2, 0.25) is 0 Å². The van der Waals surface area contributed by atoms with Gasteiger partial charge >= 0.3 is 12.3 Å². The van der Waals surface area contributed by atoms with Crippen LogP contribution in [0.5, 0.6) is 0 Å². The minimum atomic E-state index is -4.95. The number of pyridine rings is 1. The molecule has 0 spiro atoms. The van der Waals surface area contributed by atoms with Crippen molar-refractivity contribution in [2.24, 2.45) is 0 Å². The zero-order chi connectivity index (χ0) is 32.7. The molecule has 45 heavy (non-hydrogen) atoms. The van der Waals surface area contributed by atoms with Gasteiger partial charge in [-0.2, -0.15) is 13.2 Å². The molecule has 3 heterocycles. The zero-order valence-corrected chi connectivity index (χ0v) is 25.9. The predicted molar refractivity (Wildman–Crippen MR) is 163 cm³/mol.